The number of hydrogen-bond donors (Lipinski definition) is 3. The largest absolute Gasteiger partial charge is 0.478 e. The van der Waals surface area contributed by atoms with E-state index in [1.165, 1.54) is 25.1 Å². The van der Waals surface area contributed by atoms with Crippen molar-refractivity contribution in [2.24, 2.45) is 10.7 Å². The van der Waals surface area contributed by atoms with Gasteiger partial charge in [0, 0.05) is 11.1 Å². The summed E-state index contributed by atoms with van der Waals surface area (Å²) >= 11 is 0. The second kappa shape index (κ2) is 8.17. The summed E-state index contributed by atoms with van der Waals surface area (Å²) in [6, 6.07) is 7.44. The first-order valence-corrected chi connectivity index (χ1v) is 9.72. The topological polar surface area (TPSA) is 139 Å². The zero-order valence-corrected chi connectivity index (χ0v) is 15.9. The molecule has 0 aromatic heterocycles. The van der Waals surface area contributed by atoms with E-state index in [2.05, 4.69) is 9.71 Å². The van der Waals surface area contributed by atoms with Crippen molar-refractivity contribution in [3.05, 3.63) is 64.5 Å². The van der Waals surface area contributed by atoms with Crippen LogP contribution in [0.25, 0.3) is 0 Å². The predicted molar refractivity (Wildman–Crippen MR) is 103 cm³/mol. The number of aryl methyl sites for hydroxylation is 1. The zero-order valence-electron chi connectivity index (χ0n) is 15.1. The fraction of sp³-hybridized carbons (Fsp3) is 0.167. The molecule has 0 aliphatic heterocycles. The molecular weight excluding hydrogens is 389 g/mol. The SMILES string of the molecule is CCS(=O)(=O)Nc1cc(C(=O)N=C(N)c2ccc(C(=O)O)c(F)c2)ccc1C. The molecule has 148 valence electrons. The Labute approximate surface area is 161 Å². The summed E-state index contributed by atoms with van der Waals surface area (Å²) in [7, 11) is -3.53. The number of aliphatic imine (C=N–C) groups is 1. The number of sulfonamides is 1. The molecule has 2 aromatic rings. The zero-order chi connectivity index (χ0) is 21.1. The summed E-state index contributed by atoms with van der Waals surface area (Å²) < 4.78 is 39.6. The van der Waals surface area contributed by atoms with Gasteiger partial charge in [-0.3, -0.25) is 9.52 Å². The standard InChI is InChI=1S/C18H18FN3O5S/c1-3-28(26,27)22-15-9-12(5-4-10(15)2)17(23)21-16(20)11-6-7-13(18(24)25)14(19)8-11/h4-9,22H,3H2,1-2H3,(H,24,25)(H2,20,21,23). The number of rotatable bonds is 6. The second-order valence-corrected chi connectivity index (χ2v) is 7.85. The summed E-state index contributed by atoms with van der Waals surface area (Å²) in [6.07, 6.45) is 0. The Morgan fingerprint density at radius 3 is 2.39 bits per heavy atom. The van der Waals surface area contributed by atoms with Crippen molar-refractivity contribution in [2.45, 2.75) is 13.8 Å². The minimum absolute atomic E-state index is 0.0369. The van der Waals surface area contributed by atoms with Crippen LogP contribution in [0.2, 0.25) is 0 Å². The number of nitrogens with two attached hydrogens (primary N) is 1. The van der Waals surface area contributed by atoms with Crippen LogP contribution in [0.3, 0.4) is 0 Å². The maximum absolute atomic E-state index is 13.8. The number of halogens is 1. The number of aromatic carboxylic acids is 1. The minimum atomic E-state index is -3.53. The Morgan fingerprint density at radius 1 is 1.18 bits per heavy atom. The van der Waals surface area contributed by atoms with Crippen molar-refractivity contribution >= 4 is 33.4 Å². The van der Waals surface area contributed by atoms with Gasteiger partial charge in [-0.1, -0.05) is 12.1 Å². The Hall–Kier alpha value is -3.27. The van der Waals surface area contributed by atoms with Crippen LogP contribution < -0.4 is 10.5 Å². The molecule has 1 amide bonds. The van der Waals surface area contributed by atoms with Crippen LogP contribution in [-0.4, -0.2) is 37.0 Å². The Balaban J connectivity index is 2.33. The summed E-state index contributed by atoms with van der Waals surface area (Å²) in [5, 5.41) is 8.83. The van der Waals surface area contributed by atoms with Crippen LogP contribution in [0, 0.1) is 12.7 Å². The van der Waals surface area contributed by atoms with Gasteiger partial charge in [0.1, 0.15) is 11.7 Å². The number of benzene rings is 2. The number of nitrogens with one attached hydrogen (secondary N) is 1. The number of carboxylic acids is 1. The Morgan fingerprint density at radius 2 is 1.82 bits per heavy atom. The molecule has 0 unspecified atom stereocenters. The number of amides is 1. The molecule has 2 aromatic carbocycles. The third kappa shape index (κ3) is 4.92. The fourth-order valence-electron chi connectivity index (χ4n) is 2.19. The lowest BCUT2D eigenvalue weighted by atomic mass is 10.1. The summed E-state index contributed by atoms with van der Waals surface area (Å²) in [5.74, 6) is -3.65. The third-order valence-electron chi connectivity index (χ3n) is 3.85. The van der Waals surface area contributed by atoms with Crippen LogP contribution in [0.5, 0.6) is 0 Å². The van der Waals surface area contributed by atoms with Gasteiger partial charge >= 0.3 is 5.97 Å². The highest BCUT2D eigenvalue weighted by Gasteiger charge is 2.15. The number of nitrogens with zero attached hydrogens (tertiary/aromatic N) is 1. The third-order valence-corrected chi connectivity index (χ3v) is 5.14. The average Bonchev–Trinajstić information content (AvgIpc) is 2.62. The van der Waals surface area contributed by atoms with Crippen molar-refractivity contribution in [2.75, 3.05) is 10.5 Å². The Bertz CT molecular complexity index is 1080. The van der Waals surface area contributed by atoms with Gasteiger partial charge in [0.2, 0.25) is 10.0 Å². The van der Waals surface area contributed by atoms with E-state index in [1.54, 1.807) is 13.0 Å². The molecule has 0 aliphatic rings. The molecule has 4 N–H and O–H groups in total. The van der Waals surface area contributed by atoms with E-state index >= 15 is 0 Å². The molecule has 0 bridgehead atoms. The van der Waals surface area contributed by atoms with Gasteiger partial charge in [-0.05, 0) is 43.7 Å². The monoisotopic (exact) mass is 407 g/mol. The second-order valence-electron chi connectivity index (χ2n) is 5.84. The Kier molecular flexibility index (Phi) is 6.14. The first kappa shape index (κ1) is 21.0. The van der Waals surface area contributed by atoms with E-state index in [4.69, 9.17) is 10.8 Å². The summed E-state index contributed by atoms with van der Waals surface area (Å²) in [6.45, 7) is 3.15. The first-order valence-electron chi connectivity index (χ1n) is 8.07. The van der Waals surface area contributed by atoms with E-state index in [-0.39, 0.29) is 28.4 Å². The highest BCUT2D eigenvalue weighted by Crippen LogP contribution is 2.19. The van der Waals surface area contributed by atoms with Gasteiger partial charge in [-0.25, -0.2) is 17.6 Å². The van der Waals surface area contributed by atoms with Crippen LogP contribution in [-0.2, 0) is 10.0 Å². The molecular formula is C18H18FN3O5S. The number of amidine groups is 1. The number of carbonyl (C=O) groups excluding carboxylic acids is 1. The normalized spacial score (nSPS) is 11.9. The van der Waals surface area contributed by atoms with E-state index in [9.17, 15) is 22.4 Å². The maximum atomic E-state index is 13.8. The van der Waals surface area contributed by atoms with E-state index in [0.717, 1.165) is 12.1 Å². The van der Waals surface area contributed by atoms with E-state index in [0.29, 0.717) is 5.56 Å². The van der Waals surface area contributed by atoms with Crippen LogP contribution >= 0.6 is 0 Å². The fourth-order valence-corrected chi connectivity index (χ4v) is 2.89. The minimum Gasteiger partial charge on any atom is -0.478 e. The van der Waals surface area contributed by atoms with Crippen LogP contribution in [0.1, 0.15) is 38.8 Å². The average molecular weight is 407 g/mol. The van der Waals surface area contributed by atoms with Gasteiger partial charge in [0.15, 0.2) is 0 Å². The first-order chi connectivity index (χ1) is 13.0. The summed E-state index contributed by atoms with van der Waals surface area (Å²) in [4.78, 5) is 26.9. The van der Waals surface area contributed by atoms with Gasteiger partial charge in [-0.2, -0.15) is 4.99 Å². The van der Waals surface area contributed by atoms with Crippen LogP contribution in [0.15, 0.2) is 41.4 Å². The molecule has 0 aliphatic carbocycles. The summed E-state index contributed by atoms with van der Waals surface area (Å²) in [5.41, 5.74) is 6.14. The lowest BCUT2D eigenvalue weighted by Gasteiger charge is -2.10. The lowest BCUT2D eigenvalue weighted by Crippen LogP contribution is -2.18. The molecule has 0 spiro atoms. The van der Waals surface area contributed by atoms with Gasteiger partial charge in [-0.15, -0.1) is 0 Å². The van der Waals surface area contributed by atoms with Crippen molar-refractivity contribution < 1.29 is 27.5 Å². The number of anilines is 1. The van der Waals surface area contributed by atoms with Crippen LogP contribution in [0.4, 0.5) is 10.1 Å². The number of carbonyl (C=O) groups is 2. The van der Waals surface area contributed by atoms with Gasteiger partial charge < -0.3 is 10.8 Å². The molecule has 0 atom stereocenters. The quantitative estimate of drug-likeness (QED) is 0.495. The molecule has 0 fully saturated rings. The molecule has 28 heavy (non-hydrogen) atoms. The maximum Gasteiger partial charge on any atom is 0.338 e. The highest BCUT2D eigenvalue weighted by atomic mass is 32.2. The molecule has 0 saturated heterocycles. The van der Waals surface area contributed by atoms with Gasteiger partial charge in [0.25, 0.3) is 5.91 Å². The van der Waals surface area contributed by atoms with Crippen molar-refractivity contribution in [1.29, 1.82) is 0 Å². The highest BCUT2D eigenvalue weighted by molar-refractivity contribution is 7.92. The smallest absolute Gasteiger partial charge is 0.338 e. The molecule has 2 rings (SSSR count). The van der Waals surface area contributed by atoms with E-state index < -0.39 is 33.3 Å². The van der Waals surface area contributed by atoms with E-state index in [1.807, 2.05) is 0 Å². The van der Waals surface area contributed by atoms with Crippen molar-refractivity contribution in [1.82, 2.24) is 0 Å². The molecule has 10 heteroatoms. The predicted octanol–water partition coefficient (Wildman–Crippen LogP) is 2.14. The molecule has 0 heterocycles. The van der Waals surface area contributed by atoms with Crippen molar-refractivity contribution in [3.8, 4) is 0 Å². The number of hydrogen-bond acceptors (Lipinski definition) is 4. The number of carboxylic acid groups (broad SMARTS) is 1. The molecule has 0 saturated carbocycles. The van der Waals surface area contributed by atoms with Crippen molar-refractivity contribution in [3.63, 3.8) is 0 Å². The lowest BCUT2D eigenvalue weighted by molar-refractivity contribution is 0.0691. The molecule has 8 nitrogen and oxygen atoms in total. The molecule has 0 radical (unpaired) electrons. The van der Waals surface area contributed by atoms with Gasteiger partial charge in [0.05, 0.1) is 17.0 Å².